The number of nitrogens with zero attached hydrogens (tertiary/aromatic N) is 4. The number of aromatic nitrogens is 4. The van der Waals surface area contributed by atoms with Crippen molar-refractivity contribution in [2.75, 3.05) is 0 Å². The first-order valence-corrected chi connectivity index (χ1v) is 9.88. The van der Waals surface area contributed by atoms with Crippen molar-refractivity contribution in [3.05, 3.63) is 56.9 Å². The minimum Gasteiger partial charge on any atom is -0.347 e. The summed E-state index contributed by atoms with van der Waals surface area (Å²) in [6.07, 6.45) is 2.67. The fourth-order valence-electron chi connectivity index (χ4n) is 2.87. The third-order valence-electron chi connectivity index (χ3n) is 4.12. The van der Waals surface area contributed by atoms with Gasteiger partial charge in [-0.1, -0.05) is 19.9 Å². The van der Waals surface area contributed by atoms with E-state index in [1.165, 1.54) is 11.3 Å². The van der Waals surface area contributed by atoms with Gasteiger partial charge < -0.3 is 5.32 Å². The lowest BCUT2D eigenvalue weighted by molar-refractivity contribution is 0.0954. The first kappa shape index (κ1) is 19.2. The minimum absolute atomic E-state index is 0.0809. The molecular weight excluding hydrogens is 358 g/mol. The Hall–Kier alpha value is -2.54. The van der Waals surface area contributed by atoms with Gasteiger partial charge in [0.25, 0.3) is 5.91 Å². The van der Waals surface area contributed by atoms with E-state index in [-0.39, 0.29) is 5.91 Å². The molecule has 3 rings (SSSR count). The minimum atomic E-state index is -0.0809. The highest BCUT2D eigenvalue weighted by atomic mass is 32.1. The molecule has 1 amide bonds. The number of aryl methyl sites for hydroxylation is 3. The van der Waals surface area contributed by atoms with Crippen LogP contribution < -0.4 is 5.32 Å². The molecule has 27 heavy (non-hydrogen) atoms. The maximum Gasteiger partial charge on any atom is 0.263 e. The van der Waals surface area contributed by atoms with Gasteiger partial charge in [0.15, 0.2) is 5.82 Å². The van der Waals surface area contributed by atoms with Gasteiger partial charge in [0.2, 0.25) is 0 Å². The van der Waals surface area contributed by atoms with Gasteiger partial charge in [-0.2, -0.15) is 5.10 Å². The second kappa shape index (κ2) is 8.00. The largest absolute Gasteiger partial charge is 0.347 e. The lowest BCUT2D eigenvalue weighted by Crippen LogP contribution is -2.22. The number of amides is 1. The molecule has 1 N–H and O–H groups in total. The normalized spacial score (nSPS) is 11.2. The van der Waals surface area contributed by atoms with Crippen LogP contribution in [0, 0.1) is 26.7 Å². The number of carbonyl (C=O) groups is 1. The van der Waals surface area contributed by atoms with Crippen molar-refractivity contribution in [3.63, 3.8) is 0 Å². The Morgan fingerprint density at radius 1 is 1.26 bits per heavy atom. The molecular formula is C20H25N5OS. The first-order chi connectivity index (χ1) is 12.8. The second-order valence-electron chi connectivity index (χ2n) is 7.17. The summed E-state index contributed by atoms with van der Waals surface area (Å²) in [5.41, 5.74) is 3.74. The molecule has 0 radical (unpaired) electrons. The highest BCUT2D eigenvalue weighted by Gasteiger charge is 2.15. The Morgan fingerprint density at radius 2 is 2.04 bits per heavy atom. The molecule has 0 aliphatic carbocycles. The van der Waals surface area contributed by atoms with Crippen LogP contribution in [0.2, 0.25) is 0 Å². The molecule has 3 heterocycles. The van der Waals surface area contributed by atoms with Crippen LogP contribution in [-0.2, 0) is 13.0 Å². The van der Waals surface area contributed by atoms with E-state index in [1.54, 1.807) is 6.20 Å². The average Bonchev–Trinajstić information content (AvgIpc) is 3.14. The van der Waals surface area contributed by atoms with Crippen LogP contribution in [0.4, 0.5) is 0 Å². The van der Waals surface area contributed by atoms with E-state index in [0.717, 1.165) is 39.9 Å². The monoisotopic (exact) mass is 383 g/mol. The standard InChI is InChI=1S/C20H25N5OS/c1-12(2)8-18-23-15(5)19(27-18)20(26)22-11-16-6-7-17(21-10-16)25-14(4)9-13(3)24-25/h6-7,9-10,12H,8,11H2,1-5H3,(H,22,26). The highest BCUT2D eigenvalue weighted by molar-refractivity contribution is 7.13. The van der Waals surface area contributed by atoms with E-state index in [1.807, 2.05) is 43.7 Å². The smallest absolute Gasteiger partial charge is 0.263 e. The number of carbonyl (C=O) groups excluding carboxylic acids is 1. The predicted molar refractivity (Wildman–Crippen MR) is 107 cm³/mol. The van der Waals surface area contributed by atoms with Crippen molar-refractivity contribution < 1.29 is 4.79 Å². The molecule has 0 bridgehead atoms. The van der Waals surface area contributed by atoms with Crippen LogP contribution in [0.25, 0.3) is 5.82 Å². The number of thiazole rings is 1. The molecule has 0 aliphatic heterocycles. The van der Waals surface area contributed by atoms with Gasteiger partial charge in [-0.05, 0) is 44.4 Å². The van der Waals surface area contributed by atoms with Gasteiger partial charge in [-0.3, -0.25) is 4.79 Å². The zero-order chi connectivity index (χ0) is 19.6. The van der Waals surface area contributed by atoms with Gasteiger partial charge in [-0.25, -0.2) is 14.6 Å². The van der Waals surface area contributed by atoms with Gasteiger partial charge in [-0.15, -0.1) is 11.3 Å². The maximum atomic E-state index is 12.5. The summed E-state index contributed by atoms with van der Waals surface area (Å²) in [4.78, 5) is 22.2. The maximum absolute atomic E-state index is 12.5. The first-order valence-electron chi connectivity index (χ1n) is 9.06. The van der Waals surface area contributed by atoms with E-state index in [0.29, 0.717) is 17.3 Å². The zero-order valence-corrected chi connectivity index (χ0v) is 17.2. The van der Waals surface area contributed by atoms with E-state index < -0.39 is 0 Å². The summed E-state index contributed by atoms with van der Waals surface area (Å²) in [7, 11) is 0. The Kier molecular flexibility index (Phi) is 5.70. The molecule has 0 aliphatic rings. The van der Waals surface area contributed by atoms with Crippen LogP contribution in [0.1, 0.15) is 51.2 Å². The second-order valence-corrected chi connectivity index (χ2v) is 8.25. The molecule has 0 aromatic carbocycles. The van der Waals surface area contributed by atoms with Crippen molar-refractivity contribution in [1.29, 1.82) is 0 Å². The summed E-state index contributed by atoms with van der Waals surface area (Å²) < 4.78 is 1.81. The summed E-state index contributed by atoms with van der Waals surface area (Å²) in [5, 5.41) is 8.42. The molecule has 3 aromatic rings. The quantitative estimate of drug-likeness (QED) is 0.703. The van der Waals surface area contributed by atoms with Crippen molar-refractivity contribution in [2.24, 2.45) is 5.92 Å². The average molecular weight is 384 g/mol. The predicted octanol–water partition coefficient (Wildman–Crippen LogP) is 3.78. The van der Waals surface area contributed by atoms with Gasteiger partial charge >= 0.3 is 0 Å². The van der Waals surface area contributed by atoms with Crippen LogP contribution in [0.3, 0.4) is 0 Å². The molecule has 142 valence electrons. The number of nitrogens with one attached hydrogen (secondary N) is 1. The van der Waals surface area contributed by atoms with E-state index in [2.05, 4.69) is 34.2 Å². The van der Waals surface area contributed by atoms with E-state index in [9.17, 15) is 4.79 Å². The Morgan fingerprint density at radius 3 is 2.63 bits per heavy atom. The molecule has 0 fully saturated rings. The van der Waals surface area contributed by atoms with Crippen LogP contribution in [0.15, 0.2) is 24.4 Å². The third-order valence-corrected chi connectivity index (χ3v) is 5.30. The summed E-state index contributed by atoms with van der Waals surface area (Å²) in [6.45, 7) is 10.6. The summed E-state index contributed by atoms with van der Waals surface area (Å²) >= 11 is 1.48. The Bertz CT molecular complexity index is 940. The third kappa shape index (κ3) is 4.60. The van der Waals surface area contributed by atoms with Crippen molar-refractivity contribution >= 4 is 17.2 Å². The van der Waals surface area contributed by atoms with Crippen molar-refractivity contribution in [3.8, 4) is 5.82 Å². The van der Waals surface area contributed by atoms with E-state index in [4.69, 9.17) is 0 Å². The fraction of sp³-hybridized carbons (Fsp3) is 0.400. The number of rotatable bonds is 6. The van der Waals surface area contributed by atoms with Gasteiger partial charge in [0.05, 0.1) is 16.4 Å². The molecule has 6 nitrogen and oxygen atoms in total. The number of hydrogen-bond acceptors (Lipinski definition) is 5. The topological polar surface area (TPSA) is 72.7 Å². The lowest BCUT2D eigenvalue weighted by atomic mass is 10.1. The molecule has 0 spiro atoms. The van der Waals surface area contributed by atoms with Crippen LogP contribution in [0.5, 0.6) is 0 Å². The van der Waals surface area contributed by atoms with Crippen LogP contribution in [-0.4, -0.2) is 25.7 Å². The lowest BCUT2D eigenvalue weighted by Gasteiger charge is -2.06. The zero-order valence-electron chi connectivity index (χ0n) is 16.4. The van der Waals surface area contributed by atoms with Gasteiger partial charge in [0.1, 0.15) is 4.88 Å². The molecule has 0 unspecified atom stereocenters. The number of pyridine rings is 1. The number of hydrogen-bond donors (Lipinski definition) is 1. The van der Waals surface area contributed by atoms with Gasteiger partial charge in [0, 0.05) is 24.9 Å². The molecule has 0 atom stereocenters. The summed E-state index contributed by atoms with van der Waals surface area (Å²) in [6, 6.07) is 5.89. The SMILES string of the molecule is Cc1cc(C)n(-c2ccc(CNC(=O)c3sc(CC(C)C)nc3C)cn2)n1. The molecule has 7 heteroatoms. The van der Waals surface area contributed by atoms with Crippen molar-refractivity contribution in [1.82, 2.24) is 25.1 Å². The summed E-state index contributed by atoms with van der Waals surface area (Å²) in [5.74, 6) is 1.22. The van der Waals surface area contributed by atoms with E-state index >= 15 is 0 Å². The molecule has 0 saturated carbocycles. The Labute approximate surface area is 163 Å². The fourth-order valence-corrected chi connectivity index (χ4v) is 4.06. The molecule has 0 saturated heterocycles. The van der Waals surface area contributed by atoms with Crippen molar-refractivity contribution in [2.45, 2.75) is 47.6 Å². The molecule has 3 aromatic heterocycles. The van der Waals surface area contributed by atoms with Crippen LogP contribution >= 0.6 is 11.3 Å². The Balaban J connectivity index is 1.64. The highest BCUT2D eigenvalue weighted by Crippen LogP contribution is 2.21.